The van der Waals surface area contributed by atoms with Crippen LogP contribution in [0.1, 0.15) is 12.8 Å². The molecule has 2 heterocycles. The topological polar surface area (TPSA) is 61.9 Å². The second kappa shape index (κ2) is 9.32. The number of urea groups is 1. The largest absolute Gasteiger partial charge is 0.375 e. The molecule has 1 aromatic heterocycles. The van der Waals surface area contributed by atoms with Crippen LogP contribution in [0.4, 0.5) is 18.6 Å². The van der Waals surface area contributed by atoms with Gasteiger partial charge in [0.25, 0.3) is 0 Å². The summed E-state index contributed by atoms with van der Waals surface area (Å²) in [6.45, 7) is 1.23. The van der Waals surface area contributed by atoms with E-state index in [1.165, 1.54) is 30.6 Å². The number of benzene rings is 1. The number of hydrogen-bond donors (Lipinski definition) is 1. The van der Waals surface area contributed by atoms with Crippen LogP contribution < -0.4 is 5.32 Å². The minimum absolute atomic E-state index is 0.0262. The SMILES string of the molecule is COCC(=O)N1CCC(N(C)C(=O)Nc2ccc(-c3cc(F)cc(F)c3)s2)CC1. The first-order valence-electron chi connectivity index (χ1n) is 9.24. The fraction of sp³-hybridized carbons (Fsp3) is 0.400. The van der Waals surface area contributed by atoms with Crippen molar-refractivity contribution >= 4 is 28.3 Å². The molecule has 6 nitrogen and oxygen atoms in total. The van der Waals surface area contributed by atoms with Crippen molar-refractivity contribution < 1.29 is 23.1 Å². The highest BCUT2D eigenvalue weighted by Crippen LogP contribution is 2.32. The lowest BCUT2D eigenvalue weighted by molar-refractivity contribution is -0.136. The van der Waals surface area contributed by atoms with E-state index in [1.807, 2.05) is 0 Å². The lowest BCUT2D eigenvalue weighted by atomic mass is 10.0. The number of piperidine rings is 1. The Morgan fingerprint density at radius 1 is 1.21 bits per heavy atom. The lowest BCUT2D eigenvalue weighted by Crippen LogP contribution is -2.48. The first-order valence-corrected chi connectivity index (χ1v) is 10.1. The Balaban J connectivity index is 1.57. The van der Waals surface area contributed by atoms with E-state index in [9.17, 15) is 18.4 Å². The van der Waals surface area contributed by atoms with E-state index < -0.39 is 11.6 Å². The highest BCUT2D eigenvalue weighted by molar-refractivity contribution is 7.19. The maximum atomic E-state index is 13.4. The van der Waals surface area contributed by atoms with Gasteiger partial charge in [-0.15, -0.1) is 11.3 Å². The average Bonchev–Trinajstić information content (AvgIpc) is 3.15. The van der Waals surface area contributed by atoms with E-state index >= 15 is 0 Å². The number of amides is 3. The molecule has 1 aliphatic rings. The molecule has 2 aromatic rings. The standard InChI is InChI=1S/C20H23F2N3O3S/c1-24(16-5-7-25(8-6-16)19(26)12-28-2)20(27)23-18-4-3-17(29-18)13-9-14(21)11-15(22)10-13/h3-4,9-11,16H,5-8,12H2,1-2H3,(H,23,27). The van der Waals surface area contributed by atoms with Gasteiger partial charge >= 0.3 is 6.03 Å². The van der Waals surface area contributed by atoms with Gasteiger partial charge in [0.15, 0.2) is 0 Å². The Bertz CT molecular complexity index is 861. The van der Waals surface area contributed by atoms with Gasteiger partial charge in [-0.25, -0.2) is 13.6 Å². The van der Waals surface area contributed by atoms with E-state index in [0.717, 1.165) is 6.07 Å². The molecule has 29 heavy (non-hydrogen) atoms. The third kappa shape index (κ3) is 5.30. The highest BCUT2D eigenvalue weighted by atomic mass is 32.1. The van der Waals surface area contributed by atoms with Crippen molar-refractivity contribution in [2.75, 3.05) is 39.2 Å². The molecule has 1 aliphatic heterocycles. The molecule has 156 valence electrons. The number of carbonyl (C=O) groups excluding carboxylic acids is 2. The average molecular weight is 423 g/mol. The van der Waals surface area contributed by atoms with Gasteiger partial charge < -0.3 is 14.5 Å². The van der Waals surface area contributed by atoms with Crippen LogP contribution in [0.5, 0.6) is 0 Å². The van der Waals surface area contributed by atoms with Gasteiger partial charge in [0.1, 0.15) is 18.2 Å². The van der Waals surface area contributed by atoms with Crippen LogP contribution in [0.2, 0.25) is 0 Å². The first kappa shape index (κ1) is 21.2. The summed E-state index contributed by atoms with van der Waals surface area (Å²) in [5, 5.41) is 3.42. The summed E-state index contributed by atoms with van der Waals surface area (Å²) in [6.07, 6.45) is 1.38. The fourth-order valence-corrected chi connectivity index (χ4v) is 4.22. The van der Waals surface area contributed by atoms with E-state index in [0.29, 0.717) is 41.4 Å². The molecular formula is C20H23F2N3O3S. The fourth-order valence-electron chi connectivity index (χ4n) is 3.33. The minimum Gasteiger partial charge on any atom is -0.375 e. The van der Waals surface area contributed by atoms with E-state index in [1.54, 1.807) is 29.0 Å². The number of thiophene rings is 1. The van der Waals surface area contributed by atoms with Crippen molar-refractivity contribution in [3.63, 3.8) is 0 Å². The van der Waals surface area contributed by atoms with E-state index in [2.05, 4.69) is 5.32 Å². The van der Waals surface area contributed by atoms with Crippen molar-refractivity contribution in [1.82, 2.24) is 9.80 Å². The van der Waals surface area contributed by atoms with E-state index in [4.69, 9.17) is 4.74 Å². The van der Waals surface area contributed by atoms with Crippen LogP contribution in [-0.2, 0) is 9.53 Å². The number of anilines is 1. The molecule has 0 spiro atoms. The van der Waals surface area contributed by atoms with Crippen molar-refractivity contribution in [3.05, 3.63) is 42.0 Å². The van der Waals surface area contributed by atoms with Gasteiger partial charge in [-0.2, -0.15) is 0 Å². The summed E-state index contributed by atoms with van der Waals surface area (Å²) < 4.78 is 31.7. The van der Waals surface area contributed by atoms with Gasteiger partial charge in [0.2, 0.25) is 5.91 Å². The van der Waals surface area contributed by atoms with Crippen molar-refractivity contribution in [2.24, 2.45) is 0 Å². The molecule has 0 radical (unpaired) electrons. The predicted octanol–water partition coefficient (Wildman–Crippen LogP) is 3.79. The molecule has 1 aromatic carbocycles. The summed E-state index contributed by atoms with van der Waals surface area (Å²) in [5.41, 5.74) is 0.425. The number of rotatable bonds is 5. The zero-order chi connectivity index (χ0) is 21.0. The Morgan fingerprint density at radius 3 is 2.48 bits per heavy atom. The van der Waals surface area contributed by atoms with Gasteiger partial charge in [-0.05, 0) is 42.7 Å². The molecule has 0 bridgehead atoms. The summed E-state index contributed by atoms with van der Waals surface area (Å²) in [6, 6.07) is 6.53. The Labute approximate surface area is 172 Å². The number of halogens is 2. The number of nitrogens with one attached hydrogen (secondary N) is 1. The second-order valence-electron chi connectivity index (χ2n) is 6.91. The monoisotopic (exact) mass is 423 g/mol. The molecule has 3 amide bonds. The van der Waals surface area contributed by atoms with Crippen LogP contribution in [0.3, 0.4) is 0 Å². The Kier molecular flexibility index (Phi) is 6.81. The lowest BCUT2D eigenvalue weighted by Gasteiger charge is -2.36. The van der Waals surface area contributed by atoms with E-state index in [-0.39, 0.29) is 24.6 Å². The third-order valence-corrected chi connectivity index (χ3v) is 5.99. The van der Waals surface area contributed by atoms with Crippen LogP contribution in [0.15, 0.2) is 30.3 Å². The number of likely N-dealkylation sites (tertiary alicyclic amines) is 1. The molecule has 1 N–H and O–H groups in total. The van der Waals surface area contributed by atoms with Crippen molar-refractivity contribution in [3.8, 4) is 10.4 Å². The number of hydrogen-bond acceptors (Lipinski definition) is 4. The number of methoxy groups -OCH3 is 1. The predicted molar refractivity (Wildman–Crippen MR) is 108 cm³/mol. The van der Waals surface area contributed by atoms with Gasteiger partial charge in [0, 0.05) is 44.2 Å². The van der Waals surface area contributed by atoms with Crippen LogP contribution in [0.25, 0.3) is 10.4 Å². The molecular weight excluding hydrogens is 400 g/mol. The third-order valence-electron chi connectivity index (χ3n) is 4.94. The van der Waals surface area contributed by atoms with Crippen molar-refractivity contribution in [1.29, 1.82) is 0 Å². The van der Waals surface area contributed by atoms with Crippen molar-refractivity contribution in [2.45, 2.75) is 18.9 Å². The van der Waals surface area contributed by atoms with Crippen LogP contribution in [-0.4, -0.2) is 61.6 Å². The zero-order valence-electron chi connectivity index (χ0n) is 16.3. The van der Waals surface area contributed by atoms with Crippen LogP contribution >= 0.6 is 11.3 Å². The highest BCUT2D eigenvalue weighted by Gasteiger charge is 2.27. The van der Waals surface area contributed by atoms with Crippen LogP contribution in [0, 0.1) is 11.6 Å². The van der Waals surface area contributed by atoms with Gasteiger partial charge in [-0.1, -0.05) is 0 Å². The molecule has 0 unspecified atom stereocenters. The quantitative estimate of drug-likeness (QED) is 0.796. The molecule has 9 heteroatoms. The summed E-state index contributed by atoms with van der Waals surface area (Å²) >= 11 is 1.25. The number of nitrogens with zero attached hydrogens (tertiary/aromatic N) is 2. The maximum absolute atomic E-state index is 13.4. The molecule has 0 saturated carbocycles. The van der Waals surface area contributed by atoms with Gasteiger partial charge in [0.05, 0.1) is 5.00 Å². The molecule has 0 atom stereocenters. The normalized spacial score (nSPS) is 14.7. The zero-order valence-corrected chi connectivity index (χ0v) is 17.1. The maximum Gasteiger partial charge on any atom is 0.322 e. The Hall–Kier alpha value is -2.52. The summed E-state index contributed by atoms with van der Waals surface area (Å²) in [5.74, 6) is -1.33. The second-order valence-corrected chi connectivity index (χ2v) is 7.99. The summed E-state index contributed by atoms with van der Waals surface area (Å²) in [4.78, 5) is 28.5. The minimum atomic E-state index is -0.644. The molecule has 0 aliphatic carbocycles. The number of ether oxygens (including phenoxy) is 1. The molecule has 3 rings (SSSR count). The Morgan fingerprint density at radius 2 is 1.86 bits per heavy atom. The first-order chi connectivity index (χ1) is 13.9. The number of carbonyl (C=O) groups is 2. The molecule has 1 saturated heterocycles. The van der Waals surface area contributed by atoms with Gasteiger partial charge in [-0.3, -0.25) is 10.1 Å². The smallest absolute Gasteiger partial charge is 0.322 e. The summed E-state index contributed by atoms with van der Waals surface area (Å²) in [7, 11) is 3.21. The molecule has 1 fully saturated rings.